The van der Waals surface area contributed by atoms with E-state index in [9.17, 15) is 13.2 Å². The molecule has 0 aliphatic carbocycles. The summed E-state index contributed by atoms with van der Waals surface area (Å²) in [5.74, 6) is 0.534. The Balaban J connectivity index is 1.81. The van der Waals surface area contributed by atoms with E-state index in [1.54, 1.807) is 0 Å². The number of alkyl halides is 3. The first-order valence-electron chi connectivity index (χ1n) is 5.43. The second kappa shape index (κ2) is 3.56. The van der Waals surface area contributed by atoms with Gasteiger partial charge in [-0.25, -0.2) is 9.97 Å². The minimum absolute atomic E-state index is 0.339. The van der Waals surface area contributed by atoms with E-state index in [0.717, 1.165) is 25.7 Å². The van der Waals surface area contributed by atoms with Crippen molar-refractivity contribution < 1.29 is 13.2 Å². The molecule has 92 valence electrons. The maximum absolute atomic E-state index is 12.3. The fraction of sp³-hybridized carbons (Fsp3) is 0.600. The predicted molar refractivity (Wildman–Crippen MR) is 54.6 cm³/mol. The average Bonchev–Trinajstić information content (AvgIpc) is 2.89. The van der Waals surface area contributed by atoms with Gasteiger partial charge in [-0.2, -0.15) is 13.2 Å². The fourth-order valence-corrected chi connectivity index (χ4v) is 2.46. The molecule has 2 bridgehead atoms. The summed E-state index contributed by atoms with van der Waals surface area (Å²) in [6, 6.07) is 0.773. The number of piperazine rings is 1. The molecule has 0 amide bonds. The zero-order valence-corrected chi connectivity index (χ0v) is 8.91. The summed E-state index contributed by atoms with van der Waals surface area (Å²) in [5, 5.41) is 3.32. The topological polar surface area (TPSA) is 41.1 Å². The van der Waals surface area contributed by atoms with E-state index in [1.165, 1.54) is 6.20 Å². The van der Waals surface area contributed by atoms with Crippen molar-refractivity contribution in [1.29, 1.82) is 0 Å². The third-order valence-electron chi connectivity index (χ3n) is 3.28. The maximum Gasteiger partial charge on any atom is 0.434 e. The van der Waals surface area contributed by atoms with Gasteiger partial charge in [0.05, 0.1) is 12.4 Å². The van der Waals surface area contributed by atoms with Gasteiger partial charge < -0.3 is 10.2 Å². The molecule has 0 spiro atoms. The standard InChI is InChI=1S/C10H11F3N4/c11-10(12,13)8-3-16-9(4-15-8)17-5-6-1-7(17)2-14-6/h3-4,6-7,14H,1-2,5H2/t6-,7-/m0/s1. The Bertz CT molecular complexity index is 417. The van der Waals surface area contributed by atoms with Crippen molar-refractivity contribution >= 4 is 5.82 Å². The van der Waals surface area contributed by atoms with Crippen molar-refractivity contribution in [3.63, 3.8) is 0 Å². The number of halogens is 3. The summed E-state index contributed by atoms with van der Waals surface area (Å²) in [7, 11) is 0. The predicted octanol–water partition coefficient (Wildman–Crippen LogP) is 1.05. The first kappa shape index (κ1) is 10.8. The molecule has 2 atom stereocenters. The van der Waals surface area contributed by atoms with Gasteiger partial charge in [-0.05, 0) is 6.42 Å². The zero-order chi connectivity index (χ0) is 12.0. The molecule has 1 aromatic heterocycles. The van der Waals surface area contributed by atoms with E-state index < -0.39 is 11.9 Å². The van der Waals surface area contributed by atoms with Crippen LogP contribution in [0.1, 0.15) is 12.1 Å². The van der Waals surface area contributed by atoms with Crippen molar-refractivity contribution in [2.75, 3.05) is 18.0 Å². The lowest BCUT2D eigenvalue weighted by molar-refractivity contribution is -0.141. The minimum Gasteiger partial charge on any atom is -0.349 e. The van der Waals surface area contributed by atoms with Gasteiger partial charge in [-0.3, -0.25) is 0 Å². The third-order valence-corrected chi connectivity index (χ3v) is 3.28. The molecule has 2 aliphatic rings. The molecule has 0 aromatic carbocycles. The number of fused-ring (bicyclic) bond motifs is 2. The van der Waals surface area contributed by atoms with Crippen molar-refractivity contribution in [3.8, 4) is 0 Å². The van der Waals surface area contributed by atoms with Crippen LogP contribution >= 0.6 is 0 Å². The smallest absolute Gasteiger partial charge is 0.349 e. The fourth-order valence-electron chi connectivity index (χ4n) is 2.46. The summed E-state index contributed by atoms with van der Waals surface area (Å²) in [6.07, 6.45) is -1.38. The van der Waals surface area contributed by atoms with Gasteiger partial charge in [0.2, 0.25) is 0 Å². The molecule has 1 N–H and O–H groups in total. The van der Waals surface area contributed by atoms with Crippen molar-refractivity contribution in [2.45, 2.75) is 24.7 Å². The first-order valence-corrected chi connectivity index (χ1v) is 5.43. The second-order valence-electron chi connectivity index (χ2n) is 4.40. The SMILES string of the molecule is FC(F)(F)c1cnc(N2C[C@@H]3C[C@H]2CN3)cn1. The molecule has 0 unspecified atom stereocenters. The quantitative estimate of drug-likeness (QED) is 0.801. The molecule has 1 aromatic rings. The van der Waals surface area contributed by atoms with Crippen molar-refractivity contribution in [1.82, 2.24) is 15.3 Å². The highest BCUT2D eigenvalue weighted by atomic mass is 19.4. The van der Waals surface area contributed by atoms with Crippen LogP contribution < -0.4 is 10.2 Å². The number of aromatic nitrogens is 2. The van der Waals surface area contributed by atoms with Gasteiger partial charge in [-0.15, -0.1) is 0 Å². The molecular weight excluding hydrogens is 233 g/mol. The summed E-state index contributed by atoms with van der Waals surface area (Å²) in [4.78, 5) is 9.31. The molecular formula is C10H11F3N4. The Hall–Kier alpha value is -1.37. The van der Waals surface area contributed by atoms with E-state index in [4.69, 9.17) is 0 Å². The molecule has 7 heteroatoms. The van der Waals surface area contributed by atoms with Crippen LogP contribution in [0, 0.1) is 0 Å². The molecule has 2 aliphatic heterocycles. The molecule has 0 radical (unpaired) electrons. The Morgan fingerprint density at radius 3 is 2.59 bits per heavy atom. The monoisotopic (exact) mass is 244 g/mol. The highest BCUT2D eigenvalue weighted by Gasteiger charge is 2.39. The van der Waals surface area contributed by atoms with Gasteiger partial charge >= 0.3 is 6.18 Å². The van der Waals surface area contributed by atoms with E-state index >= 15 is 0 Å². The van der Waals surface area contributed by atoms with Crippen LogP contribution in [-0.4, -0.2) is 35.1 Å². The Kier molecular flexibility index (Phi) is 2.25. The minimum atomic E-state index is -4.42. The average molecular weight is 244 g/mol. The second-order valence-corrected chi connectivity index (χ2v) is 4.40. The summed E-state index contributed by atoms with van der Waals surface area (Å²) >= 11 is 0. The van der Waals surface area contributed by atoms with E-state index in [-0.39, 0.29) is 0 Å². The lowest BCUT2D eigenvalue weighted by Crippen LogP contribution is -2.44. The molecule has 2 fully saturated rings. The molecule has 4 nitrogen and oxygen atoms in total. The Labute approximate surface area is 95.9 Å². The number of nitrogens with zero attached hydrogens (tertiary/aromatic N) is 3. The van der Waals surface area contributed by atoms with Crippen LogP contribution in [-0.2, 0) is 6.18 Å². The van der Waals surface area contributed by atoms with Crippen molar-refractivity contribution in [3.05, 3.63) is 18.1 Å². The van der Waals surface area contributed by atoms with E-state index in [1.807, 2.05) is 4.90 Å². The number of hydrogen-bond donors (Lipinski definition) is 1. The van der Waals surface area contributed by atoms with Crippen LogP contribution in [0.3, 0.4) is 0 Å². The van der Waals surface area contributed by atoms with Crippen LogP contribution in [0.15, 0.2) is 12.4 Å². The lowest BCUT2D eigenvalue weighted by atomic mass is 10.2. The molecule has 0 saturated carbocycles. The normalized spacial score (nSPS) is 27.8. The van der Waals surface area contributed by atoms with Crippen LogP contribution in [0.5, 0.6) is 0 Å². The summed E-state index contributed by atoms with van der Waals surface area (Å²) < 4.78 is 37.0. The molecule has 17 heavy (non-hydrogen) atoms. The van der Waals surface area contributed by atoms with Gasteiger partial charge in [-0.1, -0.05) is 0 Å². The lowest BCUT2D eigenvalue weighted by Gasteiger charge is -2.28. The highest BCUT2D eigenvalue weighted by Crippen LogP contribution is 2.30. The number of nitrogens with one attached hydrogen (secondary N) is 1. The van der Waals surface area contributed by atoms with Gasteiger partial charge in [0.25, 0.3) is 0 Å². The summed E-state index contributed by atoms with van der Waals surface area (Å²) in [5.41, 5.74) is -0.941. The van der Waals surface area contributed by atoms with Crippen molar-refractivity contribution in [2.24, 2.45) is 0 Å². The first-order chi connectivity index (χ1) is 8.04. The highest BCUT2D eigenvalue weighted by molar-refractivity contribution is 5.41. The summed E-state index contributed by atoms with van der Waals surface area (Å²) in [6.45, 7) is 1.66. The molecule has 3 heterocycles. The van der Waals surface area contributed by atoms with E-state index in [2.05, 4.69) is 15.3 Å². The molecule has 3 rings (SSSR count). The Morgan fingerprint density at radius 2 is 2.12 bits per heavy atom. The number of hydrogen-bond acceptors (Lipinski definition) is 4. The van der Waals surface area contributed by atoms with E-state index in [0.29, 0.717) is 17.9 Å². The van der Waals surface area contributed by atoms with Crippen LogP contribution in [0.2, 0.25) is 0 Å². The number of anilines is 1. The largest absolute Gasteiger partial charge is 0.434 e. The van der Waals surface area contributed by atoms with Crippen LogP contribution in [0.4, 0.5) is 19.0 Å². The number of rotatable bonds is 1. The van der Waals surface area contributed by atoms with Crippen LogP contribution in [0.25, 0.3) is 0 Å². The molecule has 2 saturated heterocycles. The van der Waals surface area contributed by atoms with Gasteiger partial charge in [0, 0.05) is 25.2 Å². The Morgan fingerprint density at radius 1 is 1.29 bits per heavy atom. The zero-order valence-electron chi connectivity index (χ0n) is 8.91. The van der Waals surface area contributed by atoms with Gasteiger partial charge in [0.15, 0.2) is 5.69 Å². The maximum atomic E-state index is 12.3. The van der Waals surface area contributed by atoms with Gasteiger partial charge in [0.1, 0.15) is 5.82 Å². The third kappa shape index (κ3) is 1.84.